The third kappa shape index (κ3) is 2.90. The van der Waals surface area contributed by atoms with Gasteiger partial charge in [-0.2, -0.15) is 0 Å². The summed E-state index contributed by atoms with van der Waals surface area (Å²) in [6.45, 7) is 2.55. The Bertz CT molecular complexity index is 190. The van der Waals surface area contributed by atoms with Gasteiger partial charge < -0.3 is 15.0 Å². The van der Waals surface area contributed by atoms with E-state index in [-0.39, 0.29) is 25.4 Å². The molecule has 13 heavy (non-hydrogen) atoms. The topological polar surface area (TPSA) is 74.6 Å². The minimum atomic E-state index is -1.16. The van der Waals surface area contributed by atoms with Crippen LogP contribution in [-0.4, -0.2) is 35.5 Å². The Morgan fingerprint density at radius 1 is 1.54 bits per heavy atom. The minimum Gasteiger partial charge on any atom is -0.396 e. The average molecular weight is 188 g/mol. The van der Waals surface area contributed by atoms with Crippen molar-refractivity contribution < 1.29 is 19.8 Å². The molecule has 4 nitrogen and oxygen atoms in total. The first-order chi connectivity index (χ1) is 6.01. The summed E-state index contributed by atoms with van der Waals surface area (Å²) in [6.07, 6.45) is 0.650. The number of ketones is 1. The lowest BCUT2D eigenvalue weighted by Gasteiger charge is -2.23. The number of carbonyl (C=O) groups excluding carboxylic acids is 2. The van der Waals surface area contributed by atoms with E-state index < -0.39 is 11.3 Å². The number of Topliss-reactive ketones (excluding diaryl/α,β-unsaturated/α-hetero) is 1. The van der Waals surface area contributed by atoms with Crippen molar-refractivity contribution in [3.63, 3.8) is 0 Å². The highest BCUT2D eigenvalue weighted by atomic mass is 16.3. The molecule has 4 heteroatoms. The van der Waals surface area contributed by atoms with Crippen molar-refractivity contribution in [2.45, 2.75) is 20.3 Å². The van der Waals surface area contributed by atoms with Gasteiger partial charge in [0.05, 0.1) is 12.0 Å². The Labute approximate surface area is 77.6 Å². The van der Waals surface area contributed by atoms with Crippen LogP contribution in [0.2, 0.25) is 0 Å². The molecule has 2 unspecified atom stereocenters. The van der Waals surface area contributed by atoms with E-state index >= 15 is 0 Å². The van der Waals surface area contributed by atoms with Crippen LogP contribution in [0.5, 0.6) is 0 Å². The number of hydrogen-bond acceptors (Lipinski definition) is 4. The molecule has 0 aromatic carbocycles. The Kier molecular flexibility index (Phi) is 4.80. The number of aldehydes is 1. The standard InChI is InChI=1S/C9H16O4/c1-7(5-11)8(13)9(2,6-12)3-4-10/h6-7,10-11H,3-5H2,1-2H3. The molecule has 0 aliphatic rings. The lowest BCUT2D eigenvalue weighted by molar-refractivity contribution is -0.138. The van der Waals surface area contributed by atoms with Crippen LogP contribution in [0.25, 0.3) is 0 Å². The van der Waals surface area contributed by atoms with E-state index in [2.05, 4.69) is 0 Å². The number of rotatable bonds is 6. The van der Waals surface area contributed by atoms with Crippen LogP contribution in [0, 0.1) is 11.3 Å². The van der Waals surface area contributed by atoms with Gasteiger partial charge in [-0.05, 0) is 13.3 Å². The summed E-state index contributed by atoms with van der Waals surface area (Å²) in [7, 11) is 0. The van der Waals surface area contributed by atoms with E-state index in [1.807, 2.05) is 0 Å². The second-order valence-corrected chi connectivity index (χ2v) is 3.46. The summed E-state index contributed by atoms with van der Waals surface area (Å²) in [5, 5.41) is 17.4. The van der Waals surface area contributed by atoms with Crippen molar-refractivity contribution in [2.24, 2.45) is 11.3 Å². The molecular formula is C9H16O4. The predicted octanol–water partition coefficient (Wildman–Crippen LogP) is -0.228. The molecule has 0 radical (unpaired) electrons. The second kappa shape index (κ2) is 5.09. The Hall–Kier alpha value is -0.740. The van der Waals surface area contributed by atoms with E-state index in [9.17, 15) is 9.59 Å². The first kappa shape index (κ1) is 12.3. The minimum absolute atomic E-state index is 0.111. The van der Waals surface area contributed by atoms with E-state index in [4.69, 9.17) is 10.2 Å². The molecule has 0 bridgehead atoms. The molecule has 0 fully saturated rings. The van der Waals surface area contributed by atoms with Gasteiger partial charge in [0, 0.05) is 12.5 Å². The van der Waals surface area contributed by atoms with Crippen LogP contribution < -0.4 is 0 Å². The third-order valence-corrected chi connectivity index (χ3v) is 2.18. The first-order valence-corrected chi connectivity index (χ1v) is 4.24. The van der Waals surface area contributed by atoms with E-state index in [1.54, 1.807) is 6.92 Å². The predicted molar refractivity (Wildman–Crippen MR) is 47.1 cm³/mol. The first-order valence-electron chi connectivity index (χ1n) is 4.24. The molecule has 0 amide bonds. The van der Waals surface area contributed by atoms with Gasteiger partial charge in [0.2, 0.25) is 0 Å². The maximum absolute atomic E-state index is 11.5. The van der Waals surface area contributed by atoms with Crippen LogP contribution >= 0.6 is 0 Å². The summed E-state index contributed by atoms with van der Waals surface area (Å²) < 4.78 is 0. The Morgan fingerprint density at radius 2 is 2.08 bits per heavy atom. The summed E-state index contributed by atoms with van der Waals surface area (Å²) in [5.41, 5.74) is -1.16. The quantitative estimate of drug-likeness (QED) is 0.446. The number of carbonyl (C=O) groups is 2. The SMILES string of the molecule is CC(CO)C(=O)C(C)(C=O)CCO. The van der Waals surface area contributed by atoms with Crippen LogP contribution in [-0.2, 0) is 9.59 Å². The molecule has 0 rings (SSSR count). The molecule has 0 aromatic rings. The Morgan fingerprint density at radius 3 is 2.38 bits per heavy atom. The van der Waals surface area contributed by atoms with Crippen LogP contribution in [0.15, 0.2) is 0 Å². The van der Waals surface area contributed by atoms with Crippen LogP contribution in [0.3, 0.4) is 0 Å². The van der Waals surface area contributed by atoms with Crippen molar-refractivity contribution in [3.05, 3.63) is 0 Å². The fraction of sp³-hybridized carbons (Fsp3) is 0.778. The van der Waals surface area contributed by atoms with Gasteiger partial charge in [-0.25, -0.2) is 0 Å². The molecule has 0 spiro atoms. The van der Waals surface area contributed by atoms with Crippen molar-refractivity contribution in [2.75, 3.05) is 13.2 Å². The molecule has 0 saturated carbocycles. The van der Waals surface area contributed by atoms with Gasteiger partial charge in [-0.1, -0.05) is 6.92 Å². The zero-order chi connectivity index (χ0) is 10.5. The maximum Gasteiger partial charge on any atom is 0.150 e. The van der Waals surface area contributed by atoms with E-state index in [0.717, 1.165) is 0 Å². The fourth-order valence-corrected chi connectivity index (χ4v) is 1.12. The molecule has 2 atom stereocenters. The molecule has 0 aliphatic carbocycles. The zero-order valence-electron chi connectivity index (χ0n) is 7.99. The van der Waals surface area contributed by atoms with Crippen LogP contribution in [0.1, 0.15) is 20.3 Å². The Balaban J connectivity index is 4.55. The van der Waals surface area contributed by atoms with E-state index in [0.29, 0.717) is 6.29 Å². The van der Waals surface area contributed by atoms with Gasteiger partial charge >= 0.3 is 0 Å². The third-order valence-electron chi connectivity index (χ3n) is 2.18. The highest BCUT2D eigenvalue weighted by Crippen LogP contribution is 2.23. The largest absolute Gasteiger partial charge is 0.396 e. The monoisotopic (exact) mass is 188 g/mol. The highest BCUT2D eigenvalue weighted by Gasteiger charge is 2.34. The van der Waals surface area contributed by atoms with Gasteiger partial charge in [0.15, 0.2) is 5.78 Å². The molecule has 76 valence electrons. The lowest BCUT2D eigenvalue weighted by atomic mass is 9.79. The molecule has 0 aliphatic heterocycles. The number of aliphatic hydroxyl groups is 2. The maximum atomic E-state index is 11.5. The normalized spacial score (nSPS) is 17.5. The fourth-order valence-electron chi connectivity index (χ4n) is 1.12. The van der Waals surface area contributed by atoms with Crippen LogP contribution in [0.4, 0.5) is 0 Å². The molecule has 2 N–H and O–H groups in total. The van der Waals surface area contributed by atoms with Gasteiger partial charge in [-0.15, -0.1) is 0 Å². The van der Waals surface area contributed by atoms with Gasteiger partial charge in [0.1, 0.15) is 6.29 Å². The van der Waals surface area contributed by atoms with E-state index in [1.165, 1.54) is 6.92 Å². The van der Waals surface area contributed by atoms with Crippen molar-refractivity contribution in [1.82, 2.24) is 0 Å². The lowest BCUT2D eigenvalue weighted by Crippen LogP contribution is -2.36. The molecule has 0 aromatic heterocycles. The van der Waals surface area contributed by atoms with Crippen molar-refractivity contribution in [1.29, 1.82) is 0 Å². The van der Waals surface area contributed by atoms with Gasteiger partial charge in [0.25, 0.3) is 0 Å². The second-order valence-electron chi connectivity index (χ2n) is 3.46. The highest BCUT2D eigenvalue weighted by molar-refractivity contribution is 5.98. The molecule has 0 saturated heterocycles. The zero-order valence-corrected chi connectivity index (χ0v) is 7.99. The average Bonchev–Trinajstić information content (AvgIpc) is 2.15. The van der Waals surface area contributed by atoms with Crippen molar-refractivity contribution >= 4 is 12.1 Å². The summed E-state index contributed by atoms with van der Waals surface area (Å²) in [4.78, 5) is 22.2. The van der Waals surface area contributed by atoms with Gasteiger partial charge in [-0.3, -0.25) is 4.79 Å². The smallest absolute Gasteiger partial charge is 0.150 e. The summed E-state index contributed by atoms with van der Waals surface area (Å²) in [5.74, 6) is -0.874. The molecule has 0 heterocycles. The summed E-state index contributed by atoms with van der Waals surface area (Å²) in [6, 6.07) is 0. The molecular weight excluding hydrogens is 172 g/mol. The summed E-state index contributed by atoms with van der Waals surface area (Å²) >= 11 is 0. The van der Waals surface area contributed by atoms with Crippen molar-refractivity contribution in [3.8, 4) is 0 Å². The number of hydrogen-bond donors (Lipinski definition) is 2. The number of aliphatic hydroxyl groups excluding tert-OH is 2.